The summed E-state index contributed by atoms with van der Waals surface area (Å²) in [7, 11) is 1.74. The van der Waals surface area contributed by atoms with E-state index in [1.54, 1.807) is 13.4 Å². The van der Waals surface area contributed by atoms with E-state index >= 15 is 0 Å². The van der Waals surface area contributed by atoms with Gasteiger partial charge in [-0.05, 0) is 86.6 Å². The van der Waals surface area contributed by atoms with Crippen molar-refractivity contribution in [1.82, 2.24) is 4.98 Å². The topological polar surface area (TPSA) is 47.3 Å². The number of rotatable bonds is 7. The van der Waals surface area contributed by atoms with Crippen LogP contribution in [0.5, 0.6) is 5.75 Å². The SMILES string of the molecule is COc1ccc(C2CCC(CNc3cccc(-c4coc(C5CC5)n4)c3)CC2)cc1C. The number of ether oxygens (including phenoxy) is 1. The van der Waals surface area contributed by atoms with Crippen molar-refractivity contribution < 1.29 is 9.15 Å². The first-order valence-electron chi connectivity index (χ1n) is 11.6. The second-order valence-corrected chi connectivity index (χ2v) is 9.25. The monoisotopic (exact) mass is 416 g/mol. The van der Waals surface area contributed by atoms with E-state index < -0.39 is 0 Å². The van der Waals surface area contributed by atoms with Gasteiger partial charge in [0.2, 0.25) is 0 Å². The summed E-state index contributed by atoms with van der Waals surface area (Å²) in [5.74, 6) is 3.84. The predicted octanol–water partition coefficient (Wildman–Crippen LogP) is 6.92. The third-order valence-corrected chi connectivity index (χ3v) is 6.94. The summed E-state index contributed by atoms with van der Waals surface area (Å²) >= 11 is 0. The van der Waals surface area contributed by atoms with Gasteiger partial charge in [-0.1, -0.05) is 24.3 Å². The summed E-state index contributed by atoms with van der Waals surface area (Å²) in [4.78, 5) is 4.69. The summed E-state index contributed by atoms with van der Waals surface area (Å²) in [5.41, 5.74) is 5.94. The largest absolute Gasteiger partial charge is 0.496 e. The third kappa shape index (κ3) is 4.63. The van der Waals surface area contributed by atoms with Crippen molar-refractivity contribution in [2.75, 3.05) is 19.0 Å². The zero-order valence-electron chi connectivity index (χ0n) is 18.6. The van der Waals surface area contributed by atoms with Gasteiger partial charge in [-0.25, -0.2) is 4.98 Å². The normalized spacial score (nSPS) is 21.1. The van der Waals surface area contributed by atoms with Crippen LogP contribution in [0.15, 0.2) is 53.1 Å². The number of methoxy groups -OCH3 is 1. The predicted molar refractivity (Wildman–Crippen MR) is 125 cm³/mol. The van der Waals surface area contributed by atoms with Crippen LogP contribution in [0.1, 0.15) is 67.4 Å². The summed E-state index contributed by atoms with van der Waals surface area (Å²) in [6.07, 6.45) is 9.30. The molecule has 2 aliphatic carbocycles. The molecule has 0 spiro atoms. The first-order valence-corrected chi connectivity index (χ1v) is 11.6. The molecule has 0 saturated heterocycles. The van der Waals surface area contributed by atoms with Gasteiger partial charge in [0, 0.05) is 23.7 Å². The molecule has 1 heterocycles. The molecule has 5 rings (SSSR count). The maximum Gasteiger partial charge on any atom is 0.197 e. The van der Waals surface area contributed by atoms with Crippen LogP contribution in [0.4, 0.5) is 5.69 Å². The van der Waals surface area contributed by atoms with Crippen molar-refractivity contribution in [3.05, 3.63) is 65.7 Å². The van der Waals surface area contributed by atoms with Gasteiger partial charge in [0.15, 0.2) is 5.89 Å². The molecule has 1 aromatic heterocycles. The number of benzene rings is 2. The molecule has 162 valence electrons. The summed E-state index contributed by atoms with van der Waals surface area (Å²) < 4.78 is 11.1. The van der Waals surface area contributed by atoms with Crippen molar-refractivity contribution >= 4 is 5.69 Å². The Labute approximate surface area is 185 Å². The van der Waals surface area contributed by atoms with Crippen molar-refractivity contribution in [3.8, 4) is 17.0 Å². The van der Waals surface area contributed by atoms with E-state index in [0.29, 0.717) is 11.8 Å². The lowest BCUT2D eigenvalue weighted by molar-refractivity contribution is 0.338. The first kappa shape index (κ1) is 20.2. The van der Waals surface area contributed by atoms with E-state index in [2.05, 4.69) is 59.7 Å². The number of nitrogens with zero attached hydrogens (tertiary/aromatic N) is 1. The molecule has 31 heavy (non-hydrogen) atoms. The van der Waals surface area contributed by atoms with Crippen molar-refractivity contribution in [2.24, 2.45) is 5.92 Å². The third-order valence-electron chi connectivity index (χ3n) is 6.94. The van der Waals surface area contributed by atoms with Crippen LogP contribution in [0.3, 0.4) is 0 Å². The van der Waals surface area contributed by atoms with Crippen LogP contribution in [-0.2, 0) is 0 Å². The van der Waals surface area contributed by atoms with E-state index in [4.69, 9.17) is 9.15 Å². The minimum atomic E-state index is 0.548. The van der Waals surface area contributed by atoms with Gasteiger partial charge in [0.1, 0.15) is 17.7 Å². The molecule has 0 aliphatic heterocycles. The van der Waals surface area contributed by atoms with Crippen molar-refractivity contribution in [1.29, 1.82) is 0 Å². The van der Waals surface area contributed by atoms with Gasteiger partial charge >= 0.3 is 0 Å². The number of aryl methyl sites for hydroxylation is 1. The van der Waals surface area contributed by atoms with Crippen LogP contribution in [0.2, 0.25) is 0 Å². The van der Waals surface area contributed by atoms with Gasteiger partial charge in [-0.15, -0.1) is 0 Å². The highest BCUT2D eigenvalue weighted by molar-refractivity contribution is 5.64. The number of hydrogen-bond acceptors (Lipinski definition) is 4. The fraction of sp³-hybridized carbons (Fsp3) is 0.444. The summed E-state index contributed by atoms with van der Waals surface area (Å²) in [6.45, 7) is 3.17. The molecule has 0 radical (unpaired) electrons. The van der Waals surface area contributed by atoms with E-state index in [1.807, 2.05) is 0 Å². The molecule has 3 aromatic rings. The first-order chi connectivity index (χ1) is 15.2. The van der Waals surface area contributed by atoms with Crippen LogP contribution in [0.25, 0.3) is 11.3 Å². The maximum atomic E-state index is 5.67. The van der Waals surface area contributed by atoms with Crippen molar-refractivity contribution in [3.63, 3.8) is 0 Å². The molecule has 0 atom stereocenters. The van der Waals surface area contributed by atoms with E-state index in [-0.39, 0.29) is 0 Å². The Bertz CT molecular complexity index is 1030. The maximum absolute atomic E-state index is 5.67. The van der Waals surface area contributed by atoms with Crippen molar-refractivity contribution in [2.45, 2.75) is 57.3 Å². The van der Waals surface area contributed by atoms with E-state index in [1.165, 1.54) is 55.3 Å². The Morgan fingerprint density at radius 2 is 1.81 bits per heavy atom. The number of hydrogen-bond donors (Lipinski definition) is 1. The molecule has 2 aliphatic rings. The van der Waals surface area contributed by atoms with Crippen LogP contribution in [0, 0.1) is 12.8 Å². The Kier molecular flexibility index (Phi) is 5.71. The Hall–Kier alpha value is -2.75. The zero-order chi connectivity index (χ0) is 21.2. The standard InChI is InChI=1S/C27H32N2O2/c1-18-14-22(12-13-26(18)30-2)20-8-6-19(7-9-20)16-28-24-5-3-4-23(15-24)25-17-31-27(29-25)21-10-11-21/h3-5,12-15,17,19-21,28H,6-11,16H2,1-2H3. The molecular formula is C27H32N2O2. The lowest BCUT2D eigenvalue weighted by Gasteiger charge is -2.29. The highest BCUT2D eigenvalue weighted by Crippen LogP contribution is 2.40. The van der Waals surface area contributed by atoms with Gasteiger partial charge in [-0.2, -0.15) is 0 Å². The molecule has 2 aromatic carbocycles. The van der Waals surface area contributed by atoms with E-state index in [0.717, 1.165) is 35.4 Å². The molecule has 1 N–H and O–H groups in total. The van der Waals surface area contributed by atoms with E-state index in [9.17, 15) is 0 Å². The zero-order valence-corrected chi connectivity index (χ0v) is 18.6. The number of anilines is 1. The average molecular weight is 417 g/mol. The molecule has 4 nitrogen and oxygen atoms in total. The molecule has 0 amide bonds. The second kappa shape index (κ2) is 8.78. The summed E-state index contributed by atoms with van der Waals surface area (Å²) in [6, 6.07) is 15.2. The second-order valence-electron chi connectivity index (χ2n) is 9.25. The minimum absolute atomic E-state index is 0.548. The van der Waals surface area contributed by atoms with Crippen LogP contribution in [-0.4, -0.2) is 18.6 Å². The number of aromatic nitrogens is 1. The van der Waals surface area contributed by atoms with Crippen LogP contribution < -0.4 is 10.1 Å². The molecule has 2 fully saturated rings. The number of oxazole rings is 1. The molecular weight excluding hydrogens is 384 g/mol. The number of nitrogens with one attached hydrogen (secondary N) is 1. The summed E-state index contributed by atoms with van der Waals surface area (Å²) in [5, 5.41) is 3.67. The Morgan fingerprint density at radius 3 is 2.55 bits per heavy atom. The Balaban J connectivity index is 1.15. The van der Waals surface area contributed by atoms with Crippen LogP contribution >= 0.6 is 0 Å². The van der Waals surface area contributed by atoms with Gasteiger partial charge in [0.05, 0.1) is 7.11 Å². The fourth-order valence-corrected chi connectivity index (χ4v) is 4.84. The lowest BCUT2D eigenvalue weighted by atomic mass is 9.78. The quantitative estimate of drug-likeness (QED) is 0.454. The molecule has 0 unspecified atom stereocenters. The van der Waals surface area contributed by atoms with Gasteiger partial charge < -0.3 is 14.5 Å². The lowest BCUT2D eigenvalue weighted by Crippen LogP contribution is -2.20. The highest BCUT2D eigenvalue weighted by Gasteiger charge is 2.28. The highest BCUT2D eigenvalue weighted by atomic mass is 16.5. The molecule has 2 saturated carbocycles. The fourth-order valence-electron chi connectivity index (χ4n) is 4.84. The molecule has 0 bridgehead atoms. The average Bonchev–Trinajstić information content (AvgIpc) is 3.54. The minimum Gasteiger partial charge on any atom is -0.496 e. The molecule has 4 heteroatoms. The van der Waals surface area contributed by atoms with Gasteiger partial charge in [-0.3, -0.25) is 0 Å². The Morgan fingerprint density at radius 1 is 1.00 bits per heavy atom. The van der Waals surface area contributed by atoms with Gasteiger partial charge in [0.25, 0.3) is 0 Å². The smallest absolute Gasteiger partial charge is 0.197 e.